The first-order valence-electron chi connectivity index (χ1n) is 6.90. The molecule has 0 atom stereocenters. The second kappa shape index (κ2) is 4.30. The number of hydrogen-bond donors (Lipinski definition) is 1. The van der Waals surface area contributed by atoms with Gasteiger partial charge in [-0.3, -0.25) is 4.40 Å². The maximum atomic E-state index is 6.27. The van der Waals surface area contributed by atoms with Crippen LogP contribution in [-0.2, 0) is 0 Å². The van der Waals surface area contributed by atoms with Gasteiger partial charge in [0.1, 0.15) is 11.5 Å². The van der Waals surface area contributed by atoms with Gasteiger partial charge in [0.2, 0.25) is 0 Å². The largest absolute Gasteiger partial charge is 0.383 e. The van der Waals surface area contributed by atoms with E-state index >= 15 is 0 Å². The van der Waals surface area contributed by atoms with Gasteiger partial charge in [0.25, 0.3) is 0 Å². The van der Waals surface area contributed by atoms with Gasteiger partial charge in [-0.2, -0.15) is 0 Å². The number of anilines is 1. The van der Waals surface area contributed by atoms with Crippen molar-refractivity contribution in [1.82, 2.24) is 9.38 Å². The molecule has 1 aliphatic carbocycles. The van der Waals surface area contributed by atoms with Crippen LogP contribution in [0.5, 0.6) is 0 Å². The minimum absolute atomic E-state index is 0.556. The first kappa shape index (κ1) is 11.6. The molecular weight excluding hydrogens is 222 g/mol. The Bertz CT molecular complexity index is 562. The molecule has 0 radical (unpaired) electrons. The van der Waals surface area contributed by atoms with Crippen molar-refractivity contribution in [3.63, 3.8) is 0 Å². The number of nitrogens with two attached hydrogens (primary N) is 1. The van der Waals surface area contributed by atoms with E-state index in [1.807, 2.05) is 16.7 Å². The standard InChI is InChI=1S/C15H21N3/c1-10-5-7-12(8-6-10)13-14(16)18-9-3-4-11(2)15(18)17-13/h3-4,9-10,12H,5-8,16H2,1-2H3. The van der Waals surface area contributed by atoms with Gasteiger partial charge in [-0.1, -0.05) is 25.8 Å². The SMILES string of the molecule is Cc1cccn2c(N)c(C3CCC(C)CC3)nc12. The molecule has 2 aromatic heterocycles. The summed E-state index contributed by atoms with van der Waals surface area (Å²) in [7, 11) is 0. The zero-order valence-electron chi connectivity index (χ0n) is 11.2. The van der Waals surface area contributed by atoms with Gasteiger partial charge < -0.3 is 5.73 Å². The lowest BCUT2D eigenvalue weighted by molar-refractivity contribution is 0.345. The predicted molar refractivity (Wildman–Crippen MR) is 74.7 cm³/mol. The van der Waals surface area contributed by atoms with Crippen LogP contribution in [-0.4, -0.2) is 9.38 Å². The number of imidazole rings is 1. The first-order chi connectivity index (χ1) is 8.66. The van der Waals surface area contributed by atoms with Crippen LogP contribution in [0.2, 0.25) is 0 Å². The maximum absolute atomic E-state index is 6.27. The van der Waals surface area contributed by atoms with Crippen LogP contribution in [0.15, 0.2) is 18.3 Å². The van der Waals surface area contributed by atoms with Crippen LogP contribution < -0.4 is 5.73 Å². The summed E-state index contributed by atoms with van der Waals surface area (Å²) in [6, 6.07) is 4.13. The third kappa shape index (κ3) is 1.78. The molecule has 3 nitrogen and oxygen atoms in total. The maximum Gasteiger partial charge on any atom is 0.141 e. The normalized spacial score (nSPS) is 24.6. The number of aryl methyl sites for hydroxylation is 1. The quantitative estimate of drug-likeness (QED) is 0.832. The zero-order chi connectivity index (χ0) is 12.7. The van der Waals surface area contributed by atoms with Crippen molar-refractivity contribution in [3.05, 3.63) is 29.6 Å². The predicted octanol–water partition coefficient (Wildman–Crippen LogP) is 3.52. The fourth-order valence-electron chi connectivity index (χ4n) is 3.07. The van der Waals surface area contributed by atoms with Gasteiger partial charge >= 0.3 is 0 Å². The highest BCUT2D eigenvalue weighted by atomic mass is 15.1. The Morgan fingerprint density at radius 3 is 2.67 bits per heavy atom. The van der Waals surface area contributed by atoms with Crippen molar-refractivity contribution in [1.29, 1.82) is 0 Å². The van der Waals surface area contributed by atoms with Crippen LogP contribution in [0.25, 0.3) is 5.65 Å². The monoisotopic (exact) mass is 243 g/mol. The topological polar surface area (TPSA) is 43.3 Å². The van der Waals surface area contributed by atoms with E-state index in [1.165, 1.54) is 31.2 Å². The molecule has 2 heterocycles. The smallest absolute Gasteiger partial charge is 0.141 e. The molecule has 2 N–H and O–H groups in total. The lowest BCUT2D eigenvalue weighted by atomic mass is 9.81. The molecule has 0 amide bonds. The average Bonchev–Trinajstić information content (AvgIpc) is 2.70. The number of aromatic nitrogens is 2. The Hall–Kier alpha value is -1.51. The lowest BCUT2D eigenvalue weighted by Gasteiger charge is -2.25. The van der Waals surface area contributed by atoms with E-state index < -0.39 is 0 Å². The average molecular weight is 243 g/mol. The van der Waals surface area contributed by atoms with Crippen LogP contribution in [0, 0.1) is 12.8 Å². The molecule has 0 unspecified atom stereocenters. The number of fused-ring (bicyclic) bond motifs is 1. The number of nitrogens with zero attached hydrogens (tertiary/aromatic N) is 2. The van der Waals surface area contributed by atoms with E-state index in [1.54, 1.807) is 0 Å². The van der Waals surface area contributed by atoms with Crippen LogP contribution in [0.1, 0.15) is 49.8 Å². The Morgan fingerprint density at radius 2 is 2.00 bits per heavy atom. The molecular formula is C15H21N3. The summed E-state index contributed by atoms with van der Waals surface area (Å²) in [5, 5.41) is 0. The van der Waals surface area contributed by atoms with E-state index in [4.69, 9.17) is 10.7 Å². The van der Waals surface area contributed by atoms with Crippen molar-refractivity contribution < 1.29 is 0 Å². The zero-order valence-corrected chi connectivity index (χ0v) is 11.2. The van der Waals surface area contributed by atoms with E-state index in [2.05, 4.69) is 19.9 Å². The van der Waals surface area contributed by atoms with Crippen LogP contribution >= 0.6 is 0 Å². The summed E-state index contributed by atoms with van der Waals surface area (Å²) in [5.41, 5.74) is 9.61. The Kier molecular flexibility index (Phi) is 2.77. The summed E-state index contributed by atoms with van der Waals surface area (Å²) >= 11 is 0. The molecule has 1 saturated carbocycles. The first-order valence-corrected chi connectivity index (χ1v) is 6.90. The molecule has 2 aromatic rings. The molecule has 0 saturated heterocycles. The summed E-state index contributed by atoms with van der Waals surface area (Å²) in [6.45, 7) is 4.43. The Labute approximate surface area is 108 Å². The van der Waals surface area contributed by atoms with Gasteiger partial charge in [-0.15, -0.1) is 0 Å². The molecule has 18 heavy (non-hydrogen) atoms. The Morgan fingerprint density at radius 1 is 1.28 bits per heavy atom. The highest BCUT2D eigenvalue weighted by Gasteiger charge is 2.24. The van der Waals surface area contributed by atoms with E-state index in [9.17, 15) is 0 Å². The van der Waals surface area contributed by atoms with E-state index in [0.29, 0.717) is 5.92 Å². The summed E-state index contributed by atoms with van der Waals surface area (Å²) in [5.74, 6) is 2.26. The minimum atomic E-state index is 0.556. The summed E-state index contributed by atoms with van der Waals surface area (Å²) < 4.78 is 2.03. The summed E-state index contributed by atoms with van der Waals surface area (Å²) in [4.78, 5) is 4.80. The number of nitrogen functional groups attached to an aromatic ring is 1. The third-order valence-corrected chi connectivity index (χ3v) is 4.31. The highest BCUT2D eigenvalue weighted by Crippen LogP contribution is 2.37. The summed E-state index contributed by atoms with van der Waals surface area (Å²) in [6.07, 6.45) is 7.08. The fourth-order valence-corrected chi connectivity index (χ4v) is 3.07. The molecule has 3 heteroatoms. The van der Waals surface area contributed by atoms with Crippen molar-refractivity contribution in [2.75, 3.05) is 5.73 Å². The number of rotatable bonds is 1. The minimum Gasteiger partial charge on any atom is -0.383 e. The molecule has 0 aliphatic heterocycles. The molecule has 3 rings (SSSR count). The third-order valence-electron chi connectivity index (χ3n) is 4.31. The number of pyridine rings is 1. The molecule has 0 bridgehead atoms. The van der Waals surface area contributed by atoms with Gasteiger partial charge in [-0.25, -0.2) is 4.98 Å². The molecule has 0 aromatic carbocycles. The second-order valence-electron chi connectivity index (χ2n) is 5.72. The number of hydrogen-bond acceptors (Lipinski definition) is 2. The van der Waals surface area contributed by atoms with Crippen molar-refractivity contribution in [2.24, 2.45) is 5.92 Å². The second-order valence-corrected chi connectivity index (χ2v) is 5.72. The molecule has 1 aliphatic rings. The molecule has 0 spiro atoms. The van der Waals surface area contributed by atoms with Gasteiger partial charge in [0, 0.05) is 12.1 Å². The highest BCUT2D eigenvalue weighted by molar-refractivity contribution is 5.57. The molecule has 96 valence electrons. The van der Waals surface area contributed by atoms with Gasteiger partial charge in [0.15, 0.2) is 0 Å². The van der Waals surface area contributed by atoms with Crippen LogP contribution in [0.3, 0.4) is 0 Å². The van der Waals surface area contributed by atoms with Gasteiger partial charge in [0.05, 0.1) is 5.69 Å². The van der Waals surface area contributed by atoms with E-state index in [-0.39, 0.29) is 0 Å². The van der Waals surface area contributed by atoms with Crippen molar-refractivity contribution >= 4 is 11.5 Å². The molecule has 1 fully saturated rings. The van der Waals surface area contributed by atoms with Crippen LogP contribution in [0.4, 0.5) is 5.82 Å². The fraction of sp³-hybridized carbons (Fsp3) is 0.533. The van der Waals surface area contributed by atoms with Crippen molar-refractivity contribution in [2.45, 2.75) is 45.4 Å². The van der Waals surface area contributed by atoms with Crippen molar-refractivity contribution in [3.8, 4) is 0 Å². The Balaban J connectivity index is 2.02. The lowest BCUT2D eigenvalue weighted by Crippen LogP contribution is -2.12. The van der Waals surface area contributed by atoms with Gasteiger partial charge in [-0.05, 0) is 37.3 Å². The van der Waals surface area contributed by atoms with E-state index in [0.717, 1.165) is 23.1 Å².